The number of rotatable bonds is 7. The second kappa shape index (κ2) is 10.3. The van der Waals surface area contributed by atoms with E-state index in [9.17, 15) is 9.59 Å². The number of amides is 2. The quantitative estimate of drug-likeness (QED) is 0.508. The van der Waals surface area contributed by atoms with Crippen LogP contribution in [0.15, 0.2) is 59.0 Å². The summed E-state index contributed by atoms with van der Waals surface area (Å²) in [6.45, 7) is 3.85. The number of unbranched alkanes of at least 4 members (excludes halogenated alkanes) is 1. The van der Waals surface area contributed by atoms with Crippen LogP contribution in [0.1, 0.15) is 38.2 Å². The molecule has 2 aromatic rings. The Morgan fingerprint density at radius 1 is 1.10 bits per heavy atom. The van der Waals surface area contributed by atoms with Gasteiger partial charge in [-0.2, -0.15) is 0 Å². The van der Waals surface area contributed by atoms with Gasteiger partial charge in [-0.1, -0.05) is 55.8 Å². The Morgan fingerprint density at radius 3 is 2.43 bits per heavy atom. The summed E-state index contributed by atoms with van der Waals surface area (Å²) in [4.78, 5) is 27.0. The molecule has 2 aromatic carbocycles. The molecule has 0 unspecified atom stereocenters. The SMILES string of the molecule is CCCCOC(=O)C1(c2ccccc2)CCN(c2ccccc2NC(=O)N=S)CC1. The van der Waals surface area contributed by atoms with E-state index < -0.39 is 11.4 Å². The summed E-state index contributed by atoms with van der Waals surface area (Å²) >= 11 is 4.48. The molecular weight excluding hydrogens is 398 g/mol. The summed E-state index contributed by atoms with van der Waals surface area (Å²) in [5, 5.41) is 2.72. The molecule has 1 heterocycles. The third-order valence-electron chi connectivity index (χ3n) is 5.63. The third-order valence-corrected chi connectivity index (χ3v) is 5.80. The van der Waals surface area contributed by atoms with Gasteiger partial charge >= 0.3 is 12.0 Å². The van der Waals surface area contributed by atoms with Crippen LogP contribution in [-0.2, 0) is 27.4 Å². The Kier molecular flexibility index (Phi) is 7.52. The Hall–Kier alpha value is -2.80. The zero-order chi connectivity index (χ0) is 21.4. The third kappa shape index (κ3) is 4.84. The average molecular weight is 426 g/mol. The summed E-state index contributed by atoms with van der Waals surface area (Å²) in [7, 11) is 0. The monoisotopic (exact) mass is 425 g/mol. The molecule has 30 heavy (non-hydrogen) atoms. The summed E-state index contributed by atoms with van der Waals surface area (Å²) in [6, 6.07) is 16.9. The highest BCUT2D eigenvalue weighted by atomic mass is 32.1. The Balaban J connectivity index is 1.81. The lowest BCUT2D eigenvalue weighted by Crippen LogP contribution is -2.48. The molecule has 1 saturated heterocycles. The van der Waals surface area contributed by atoms with Crippen LogP contribution in [-0.4, -0.2) is 31.7 Å². The standard InChI is InChI=1S/C23H27N3O3S/c1-2-3-17-29-21(27)23(18-9-5-4-6-10-18)13-15-26(16-14-23)20-12-8-7-11-19(20)24-22(28)25-30/h4-12H,2-3,13-17H2,1H3,(H,24,28). The minimum Gasteiger partial charge on any atom is -0.465 e. The number of piperidine rings is 1. The second-order valence-corrected chi connectivity index (χ2v) is 7.65. The molecule has 0 aliphatic carbocycles. The molecule has 158 valence electrons. The van der Waals surface area contributed by atoms with Crippen LogP contribution in [0.4, 0.5) is 16.2 Å². The van der Waals surface area contributed by atoms with Gasteiger partial charge in [-0.25, -0.2) is 4.79 Å². The van der Waals surface area contributed by atoms with E-state index in [-0.39, 0.29) is 5.97 Å². The zero-order valence-electron chi connectivity index (χ0n) is 17.2. The van der Waals surface area contributed by atoms with E-state index in [4.69, 9.17) is 4.74 Å². The molecule has 1 N–H and O–H groups in total. The Bertz CT molecular complexity index is 880. The number of benzene rings is 2. The van der Waals surface area contributed by atoms with E-state index >= 15 is 0 Å². The van der Waals surface area contributed by atoms with Gasteiger partial charge in [-0.3, -0.25) is 4.79 Å². The molecule has 1 fully saturated rings. The maximum absolute atomic E-state index is 13.2. The number of nitrogens with one attached hydrogen (secondary N) is 1. The van der Waals surface area contributed by atoms with Crippen molar-refractivity contribution in [1.82, 2.24) is 0 Å². The van der Waals surface area contributed by atoms with Gasteiger partial charge in [0.05, 0.1) is 23.4 Å². The minimum absolute atomic E-state index is 0.145. The molecular formula is C23H27N3O3S. The molecule has 2 amide bonds. The van der Waals surface area contributed by atoms with Crippen LogP contribution in [0.2, 0.25) is 0 Å². The molecule has 0 spiro atoms. The number of urea groups is 1. The molecule has 0 atom stereocenters. The summed E-state index contributed by atoms with van der Waals surface area (Å²) in [5.41, 5.74) is 1.90. The number of esters is 1. The number of carbonyl (C=O) groups is 2. The molecule has 0 saturated carbocycles. The maximum Gasteiger partial charge on any atom is 0.356 e. The van der Waals surface area contributed by atoms with Crippen LogP contribution in [0.5, 0.6) is 0 Å². The first kappa shape index (κ1) is 21.9. The topological polar surface area (TPSA) is 71.0 Å². The highest BCUT2D eigenvalue weighted by Crippen LogP contribution is 2.39. The fourth-order valence-electron chi connectivity index (χ4n) is 3.94. The highest BCUT2D eigenvalue weighted by Gasteiger charge is 2.44. The molecule has 0 bridgehead atoms. The van der Waals surface area contributed by atoms with E-state index in [1.54, 1.807) is 0 Å². The smallest absolute Gasteiger partial charge is 0.356 e. The van der Waals surface area contributed by atoms with E-state index in [0.29, 0.717) is 38.2 Å². The summed E-state index contributed by atoms with van der Waals surface area (Å²) in [6.07, 6.45) is 3.12. The van der Waals surface area contributed by atoms with Gasteiger partial charge < -0.3 is 15.0 Å². The largest absolute Gasteiger partial charge is 0.465 e. The van der Waals surface area contributed by atoms with Crippen molar-refractivity contribution in [2.24, 2.45) is 4.36 Å². The van der Waals surface area contributed by atoms with Crippen molar-refractivity contribution in [1.29, 1.82) is 0 Å². The van der Waals surface area contributed by atoms with E-state index in [2.05, 4.69) is 33.9 Å². The fraction of sp³-hybridized carbons (Fsp3) is 0.391. The van der Waals surface area contributed by atoms with Gasteiger partial charge in [0, 0.05) is 25.5 Å². The van der Waals surface area contributed by atoms with E-state index in [0.717, 1.165) is 24.1 Å². The molecule has 0 radical (unpaired) electrons. The number of nitrogens with zero attached hydrogens (tertiary/aromatic N) is 2. The van der Waals surface area contributed by atoms with Crippen molar-refractivity contribution in [2.75, 3.05) is 29.9 Å². The van der Waals surface area contributed by atoms with Crippen molar-refractivity contribution in [3.05, 3.63) is 60.2 Å². The summed E-state index contributed by atoms with van der Waals surface area (Å²) < 4.78 is 8.92. The molecule has 3 rings (SSSR count). The number of ether oxygens (including phenoxy) is 1. The number of hydrogen-bond donors (Lipinski definition) is 1. The van der Waals surface area contributed by atoms with Gasteiger partial charge in [-0.15, -0.1) is 4.36 Å². The van der Waals surface area contributed by atoms with E-state index in [1.165, 1.54) is 0 Å². The average Bonchev–Trinajstić information content (AvgIpc) is 2.80. The van der Waals surface area contributed by atoms with Crippen LogP contribution in [0.3, 0.4) is 0 Å². The lowest BCUT2D eigenvalue weighted by molar-refractivity contribution is -0.151. The van der Waals surface area contributed by atoms with Crippen LogP contribution >= 0.6 is 0 Å². The number of para-hydroxylation sites is 2. The molecule has 0 aromatic heterocycles. The van der Waals surface area contributed by atoms with Gasteiger partial charge in [0.2, 0.25) is 0 Å². The van der Waals surface area contributed by atoms with Crippen LogP contribution in [0.25, 0.3) is 0 Å². The summed E-state index contributed by atoms with van der Waals surface area (Å²) in [5.74, 6) is -0.145. The lowest BCUT2D eigenvalue weighted by atomic mass is 9.72. The van der Waals surface area contributed by atoms with Crippen molar-refractivity contribution in [3.63, 3.8) is 0 Å². The van der Waals surface area contributed by atoms with Crippen LogP contribution < -0.4 is 10.2 Å². The molecule has 6 nitrogen and oxygen atoms in total. The predicted molar refractivity (Wildman–Crippen MR) is 121 cm³/mol. The van der Waals surface area contributed by atoms with Gasteiger partial charge in [0.1, 0.15) is 0 Å². The Morgan fingerprint density at radius 2 is 1.77 bits per heavy atom. The first-order chi connectivity index (χ1) is 14.6. The molecule has 1 aliphatic rings. The van der Waals surface area contributed by atoms with Gasteiger partial charge in [0.15, 0.2) is 0 Å². The second-order valence-electron chi connectivity index (χ2n) is 7.46. The number of hydrogen-bond acceptors (Lipinski definition) is 5. The highest BCUT2D eigenvalue weighted by molar-refractivity contribution is 7.47. The number of anilines is 2. The maximum atomic E-state index is 13.2. The van der Waals surface area contributed by atoms with Crippen molar-refractivity contribution >= 4 is 35.8 Å². The van der Waals surface area contributed by atoms with Crippen molar-refractivity contribution in [2.45, 2.75) is 38.0 Å². The minimum atomic E-state index is -0.653. The fourth-order valence-corrected chi connectivity index (χ4v) is 3.98. The van der Waals surface area contributed by atoms with E-state index in [1.807, 2.05) is 54.6 Å². The predicted octanol–water partition coefficient (Wildman–Crippen LogP) is 4.83. The zero-order valence-corrected chi connectivity index (χ0v) is 18.0. The van der Waals surface area contributed by atoms with Gasteiger partial charge in [-0.05, 0) is 37.0 Å². The molecule has 1 aliphatic heterocycles. The lowest BCUT2D eigenvalue weighted by Gasteiger charge is -2.41. The normalized spacial score (nSPS) is 15.3. The van der Waals surface area contributed by atoms with Crippen molar-refractivity contribution < 1.29 is 14.3 Å². The van der Waals surface area contributed by atoms with Gasteiger partial charge in [0.25, 0.3) is 0 Å². The molecule has 7 heteroatoms. The number of carbonyl (C=O) groups excluding carboxylic acids is 2. The first-order valence-electron chi connectivity index (χ1n) is 10.3. The van der Waals surface area contributed by atoms with Crippen molar-refractivity contribution in [3.8, 4) is 0 Å². The Labute approximate surface area is 182 Å². The first-order valence-corrected chi connectivity index (χ1v) is 10.7. The van der Waals surface area contributed by atoms with Crippen LogP contribution in [0, 0.1) is 0 Å².